The smallest absolute Gasteiger partial charge is 0.279 e. The highest BCUT2D eigenvalue weighted by Gasteiger charge is 2.26. The standard InChI is InChI=1S/C24H25FN4O2/c25-20-6-9-21(10-7-20)26-23(30)16-28-11-13-29(14-12-28)17-24(31)27-22-8-5-18-3-1-2-4-19(18)15-22/h1-10,15H,11-14,16-17H2,(H,26,30)(H,27,31)/p+2. The maximum Gasteiger partial charge on any atom is 0.279 e. The fraction of sp³-hybridized carbons (Fsp3) is 0.250. The Morgan fingerprint density at radius 2 is 1.23 bits per heavy atom. The van der Waals surface area contributed by atoms with Crippen molar-refractivity contribution in [1.29, 1.82) is 0 Å². The van der Waals surface area contributed by atoms with Gasteiger partial charge >= 0.3 is 0 Å². The second-order valence-electron chi connectivity index (χ2n) is 8.02. The van der Waals surface area contributed by atoms with Crippen molar-refractivity contribution in [1.82, 2.24) is 0 Å². The molecule has 0 unspecified atom stereocenters. The largest absolute Gasteiger partial charge is 0.321 e. The van der Waals surface area contributed by atoms with Crippen molar-refractivity contribution in [3.8, 4) is 0 Å². The number of hydrogen-bond donors (Lipinski definition) is 4. The predicted octanol–water partition coefficient (Wildman–Crippen LogP) is 0.340. The molecular formula is C24H27FN4O2+2. The first-order chi connectivity index (χ1) is 15.0. The third-order valence-electron chi connectivity index (χ3n) is 5.65. The summed E-state index contributed by atoms with van der Waals surface area (Å²) in [6.07, 6.45) is 0. The van der Waals surface area contributed by atoms with Gasteiger partial charge in [-0.05, 0) is 47.2 Å². The van der Waals surface area contributed by atoms with Crippen molar-refractivity contribution >= 4 is 34.0 Å². The van der Waals surface area contributed by atoms with Gasteiger partial charge in [-0.1, -0.05) is 30.3 Å². The van der Waals surface area contributed by atoms with Crippen LogP contribution in [0.2, 0.25) is 0 Å². The molecule has 0 spiro atoms. The Bertz CT molecular complexity index is 1060. The number of benzene rings is 3. The molecule has 0 aromatic heterocycles. The van der Waals surface area contributed by atoms with Gasteiger partial charge in [-0.3, -0.25) is 9.59 Å². The van der Waals surface area contributed by atoms with Crippen molar-refractivity contribution in [3.63, 3.8) is 0 Å². The number of rotatable bonds is 6. The number of carbonyl (C=O) groups is 2. The molecule has 1 heterocycles. The highest BCUT2D eigenvalue weighted by Crippen LogP contribution is 2.18. The molecule has 0 saturated carbocycles. The van der Waals surface area contributed by atoms with Crippen molar-refractivity contribution in [2.24, 2.45) is 0 Å². The van der Waals surface area contributed by atoms with Gasteiger partial charge in [0.15, 0.2) is 13.1 Å². The number of quaternary nitrogens is 2. The summed E-state index contributed by atoms with van der Waals surface area (Å²) in [5.41, 5.74) is 1.41. The van der Waals surface area contributed by atoms with Gasteiger partial charge in [-0.2, -0.15) is 0 Å². The van der Waals surface area contributed by atoms with Gasteiger partial charge in [0.2, 0.25) is 0 Å². The van der Waals surface area contributed by atoms with E-state index in [2.05, 4.69) is 10.6 Å². The molecule has 3 aromatic rings. The number of fused-ring (bicyclic) bond motifs is 1. The maximum atomic E-state index is 13.0. The van der Waals surface area contributed by atoms with E-state index in [1.807, 2.05) is 42.5 Å². The highest BCUT2D eigenvalue weighted by atomic mass is 19.1. The van der Waals surface area contributed by atoms with Gasteiger partial charge in [-0.15, -0.1) is 0 Å². The summed E-state index contributed by atoms with van der Waals surface area (Å²) in [4.78, 5) is 27.1. The molecule has 7 heteroatoms. The summed E-state index contributed by atoms with van der Waals surface area (Å²) < 4.78 is 13.0. The fourth-order valence-electron chi connectivity index (χ4n) is 3.98. The molecule has 0 bridgehead atoms. The fourth-order valence-corrected chi connectivity index (χ4v) is 3.98. The zero-order valence-corrected chi connectivity index (χ0v) is 17.3. The Morgan fingerprint density at radius 3 is 1.84 bits per heavy atom. The van der Waals surface area contributed by atoms with Gasteiger partial charge in [0, 0.05) is 11.4 Å². The predicted molar refractivity (Wildman–Crippen MR) is 119 cm³/mol. The van der Waals surface area contributed by atoms with E-state index in [0.717, 1.165) is 42.6 Å². The van der Waals surface area contributed by atoms with Crippen LogP contribution in [0.4, 0.5) is 15.8 Å². The number of amides is 2. The Hall–Kier alpha value is -3.29. The molecule has 1 aliphatic heterocycles. The summed E-state index contributed by atoms with van der Waals surface area (Å²) in [5.74, 6) is -0.408. The van der Waals surface area contributed by atoms with E-state index in [4.69, 9.17) is 0 Å². The van der Waals surface area contributed by atoms with E-state index < -0.39 is 0 Å². The molecule has 0 aliphatic carbocycles. The number of anilines is 2. The monoisotopic (exact) mass is 422 g/mol. The average molecular weight is 423 g/mol. The Labute approximate surface area is 180 Å². The first-order valence-corrected chi connectivity index (χ1v) is 10.6. The van der Waals surface area contributed by atoms with Crippen LogP contribution in [-0.2, 0) is 9.59 Å². The maximum absolute atomic E-state index is 13.0. The molecule has 3 aromatic carbocycles. The van der Waals surface area contributed by atoms with Crippen molar-refractivity contribution in [2.75, 3.05) is 49.9 Å². The number of hydrogen-bond acceptors (Lipinski definition) is 2. The van der Waals surface area contributed by atoms with Crippen LogP contribution >= 0.6 is 0 Å². The lowest BCUT2D eigenvalue weighted by molar-refractivity contribution is -1.00. The lowest BCUT2D eigenvalue weighted by Crippen LogP contribution is -3.28. The van der Waals surface area contributed by atoms with Crippen LogP contribution in [0.15, 0.2) is 66.7 Å². The Morgan fingerprint density at radius 1 is 0.710 bits per heavy atom. The van der Waals surface area contributed by atoms with Gasteiger partial charge < -0.3 is 20.4 Å². The minimum atomic E-state index is -0.327. The lowest BCUT2D eigenvalue weighted by atomic mass is 10.1. The molecule has 31 heavy (non-hydrogen) atoms. The van der Waals surface area contributed by atoms with E-state index in [-0.39, 0.29) is 17.6 Å². The summed E-state index contributed by atoms with van der Waals surface area (Å²) in [5, 5.41) is 8.05. The van der Waals surface area contributed by atoms with Crippen LogP contribution in [0.1, 0.15) is 0 Å². The second kappa shape index (κ2) is 9.68. The molecule has 1 fully saturated rings. The molecular weight excluding hydrogens is 395 g/mol. The van der Waals surface area contributed by atoms with Crippen LogP contribution in [0, 0.1) is 5.82 Å². The molecule has 6 nitrogen and oxygen atoms in total. The number of piperazine rings is 1. The number of halogens is 1. The average Bonchev–Trinajstić information content (AvgIpc) is 2.76. The molecule has 2 amide bonds. The van der Waals surface area contributed by atoms with Crippen molar-refractivity contribution in [3.05, 3.63) is 72.5 Å². The van der Waals surface area contributed by atoms with Crippen molar-refractivity contribution < 1.29 is 23.8 Å². The van der Waals surface area contributed by atoms with E-state index >= 15 is 0 Å². The lowest BCUT2D eigenvalue weighted by Gasteiger charge is -2.29. The van der Waals surface area contributed by atoms with Crippen LogP contribution in [0.5, 0.6) is 0 Å². The molecule has 0 radical (unpaired) electrons. The van der Waals surface area contributed by atoms with Crippen LogP contribution in [0.25, 0.3) is 10.8 Å². The van der Waals surface area contributed by atoms with Gasteiger partial charge in [0.05, 0.1) is 0 Å². The quantitative estimate of drug-likeness (QED) is 0.463. The van der Waals surface area contributed by atoms with E-state index in [1.165, 1.54) is 21.9 Å². The zero-order chi connectivity index (χ0) is 21.6. The molecule has 160 valence electrons. The topological polar surface area (TPSA) is 67.1 Å². The Balaban J connectivity index is 1.20. The first kappa shape index (κ1) is 21.0. The molecule has 0 atom stereocenters. The number of carbonyl (C=O) groups excluding carboxylic acids is 2. The summed E-state index contributed by atoms with van der Waals surface area (Å²) in [6.45, 7) is 4.12. The molecule has 4 N–H and O–H groups in total. The minimum Gasteiger partial charge on any atom is -0.321 e. The second-order valence-corrected chi connectivity index (χ2v) is 8.02. The zero-order valence-electron chi connectivity index (χ0n) is 17.3. The molecule has 1 saturated heterocycles. The van der Waals surface area contributed by atoms with Crippen LogP contribution in [0.3, 0.4) is 0 Å². The van der Waals surface area contributed by atoms with Crippen molar-refractivity contribution in [2.45, 2.75) is 0 Å². The van der Waals surface area contributed by atoms with Gasteiger partial charge in [-0.25, -0.2) is 4.39 Å². The molecule has 4 rings (SSSR count). The normalized spacial score (nSPS) is 18.5. The third kappa shape index (κ3) is 5.87. The van der Waals surface area contributed by atoms with E-state index in [9.17, 15) is 14.0 Å². The SMILES string of the molecule is O=C(C[NH+]1CC[NH+](CC(=O)Nc2ccc3ccccc3c2)CC1)Nc1ccc(F)cc1. The summed E-state index contributed by atoms with van der Waals surface area (Å²) >= 11 is 0. The molecule has 1 aliphatic rings. The van der Waals surface area contributed by atoms with E-state index in [1.54, 1.807) is 12.1 Å². The first-order valence-electron chi connectivity index (χ1n) is 10.6. The summed E-state index contributed by atoms with van der Waals surface area (Å²) in [7, 11) is 0. The van der Waals surface area contributed by atoms with E-state index in [0.29, 0.717) is 18.8 Å². The Kier molecular flexibility index (Phi) is 6.54. The number of nitrogens with one attached hydrogen (secondary N) is 4. The van der Waals surface area contributed by atoms with Gasteiger partial charge in [0.1, 0.15) is 32.0 Å². The van der Waals surface area contributed by atoms with Gasteiger partial charge in [0.25, 0.3) is 11.8 Å². The third-order valence-corrected chi connectivity index (χ3v) is 5.65. The minimum absolute atomic E-state index is 0.00258. The summed E-state index contributed by atoms with van der Waals surface area (Å²) in [6, 6.07) is 19.8. The van der Waals surface area contributed by atoms with Crippen LogP contribution in [-0.4, -0.2) is 51.1 Å². The van der Waals surface area contributed by atoms with Crippen LogP contribution < -0.4 is 20.4 Å². The highest BCUT2D eigenvalue weighted by molar-refractivity contribution is 5.95.